The maximum absolute atomic E-state index is 12.0. The largest absolute Gasteiger partial charge is 0.444 e. The van der Waals surface area contributed by atoms with Gasteiger partial charge in [0.2, 0.25) is 0 Å². The van der Waals surface area contributed by atoms with Crippen LogP contribution in [0.25, 0.3) is 0 Å². The summed E-state index contributed by atoms with van der Waals surface area (Å²) in [4.78, 5) is 13.7. The maximum Gasteiger partial charge on any atom is 0.410 e. The molecular formula is C12H22N2O3S. The highest BCUT2D eigenvalue weighted by Crippen LogP contribution is 2.28. The first kappa shape index (κ1) is 13.8. The van der Waals surface area contributed by atoms with Crippen LogP contribution in [0.2, 0.25) is 0 Å². The van der Waals surface area contributed by atoms with Crippen LogP contribution >= 0.6 is 0 Å². The first-order valence-electron chi connectivity index (χ1n) is 6.35. The summed E-state index contributed by atoms with van der Waals surface area (Å²) in [7, 11) is -0.776. The van der Waals surface area contributed by atoms with E-state index in [1.165, 1.54) is 0 Å². The van der Waals surface area contributed by atoms with E-state index in [0.717, 1.165) is 0 Å². The van der Waals surface area contributed by atoms with Crippen molar-refractivity contribution < 1.29 is 13.7 Å². The molecule has 0 spiro atoms. The van der Waals surface area contributed by atoms with Crippen LogP contribution in [-0.2, 0) is 15.5 Å². The summed E-state index contributed by atoms with van der Waals surface area (Å²) in [5.41, 5.74) is 5.65. The number of carbonyl (C=O) groups is 1. The standard InChI is InChI=1S/C12H22N2O3S/c1-12(2,3)17-11(15)14-4-8-6-18(16)7-9(5-14)10(8)13/h8-10H,4-7,13H2,1-3H3. The fourth-order valence-corrected chi connectivity index (χ4v) is 4.36. The van der Waals surface area contributed by atoms with Gasteiger partial charge >= 0.3 is 6.09 Å². The zero-order valence-electron chi connectivity index (χ0n) is 11.2. The Hall–Kier alpha value is -0.620. The lowest BCUT2D eigenvalue weighted by atomic mass is 9.86. The second kappa shape index (κ2) is 4.81. The molecule has 2 bridgehead atoms. The van der Waals surface area contributed by atoms with Crippen molar-refractivity contribution in [2.24, 2.45) is 17.6 Å². The molecule has 0 radical (unpaired) electrons. The predicted molar refractivity (Wildman–Crippen MR) is 70.6 cm³/mol. The van der Waals surface area contributed by atoms with Crippen LogP contribution in [-0.4, -0.2) is 51.4 Å². The predicted octanol–water partition coefficient (Wildman–Crippen LogP) is 0.559. The van der Waals surface area contributed by atoms with Gasteiger partial charge in [-0.3, -0.25) is 4.21 Å². The van der Waals surface area contributed by atoms with Gasteiger partial charge < -0.3 is 15.4 Å². The van der Waals surface area contributed by atoms with E-state index in [0.29, 0.717) is 24.6 Å². The molecule has 0 saturated carbocycles. The van der Waals surface area contributed by atoms with E-state index in [4.69, 9.17) is 10.5 Å². The molecule has 0 aromatic carbocycles. The van der Waals surface area contributed by atoms with Crippen LogP contribution in [0.4, 0.5) is 4.79 Å². The molecule has 0 aliphatic carbocycles. The number of ether oxygens (including phenoxy) is 1. The summed E-state index contributed by atoms with van der Waals surface area (Å²) < 4.78 is 17.0. The van der Waals surface area contributed by atoms with Gasteiger partial charge in [-0.05, 0) is 20.8 Å². The topological polar surface area (TPSA) is 72.6 Å². The van der Waals surface area contributed by atoms with Gasteiger partial charge in [-0.15, -0.1) is 0 Å². The Bertz CT molecular complexity index is 349. The van der Waals surface area contributed by atoms with Gasteiger partial charge in [-0.25, -0.2) is 4.79 Å². The number of likely N-dealkylation sites (tertiary alicyclic amines) is 1. The van der Waals surface area contributed by atoms with Crippen molar-refractivity contribution in [3.63, 3.8) is 0 Å². The normalized spacial score (nSPS) is 36.3. The lowest BCUT2D eigenvalue weighted by molar-refractivity contribution is 0.00887. The molecule has 2 atom stereocenters. The van der Waals surface area contributed by atoms with Gasteiger partial charge in [0, 0.05) is 53.3 Å². The van der Waals surface area contributed by atoms with E-state index in [9.17, 15) is 9.00 Å². The molecule has 104 valence electrons. The lowest BCUT2D eigenvalue weighted by Gasteiger charge is -2.45. The van der Waals surface area contributed by atoms with Crippen molar-refractivity contribution in [1.29, 1.82) is 0 Å². The molecule has 1 amide bonds. The molecule has 0 aromatic heterocycles. The molecule has 5 nitrogen and oxygen atoms in total. The van der Waals surface area contributed by atoms with Gasteiger partial charge in [-0.2, -0.15) is 0 Å². The highest BCUT2D eigenvalue weighted by molar-refractivity contribution is 7.85. The zero-order chi connectivity index (χ0) is 13.5. The average Bonchev–Trinajstić information content (AvgIpc) is 2.17. The van der Waals surface area contributed by atoms with Crippen LogP contribution in [0.15, 0.2) is 0 Å². The minimum atomic E-state index is -0.776. The highest BCUT2D eigenvalue weighted by Gasteiger charge is 2.42. The molecule has 2 heterocycles. The van der Waals surface area contributed by atoms with Crippen LogP contribution < -0.4 is 5.73 Å². The number of rotatable bonds is 0. The quantitative estimate of drug-likeness (QED) is 0.700. The second-order valence-corrected chi connectivity index (χ2v) is 7.80. The van der Waals surface area contributed by atoms with E-state index in [2.05, 4.69) is 0 Å². The van der Waals surface area contributed by atoms with Crippen LogP contribution in [0.1, 0.15) is 20.8 Å². The number of piperidine rings is 1. The molecular weight excluding hydrogens is 252 g/mol. The first-order valence-corrected chi connectivity index (χ1v) is 7.83. The van der Waals surface area contributed by atoms with E-state index < -0.39 is 16.4 Å². The van der Waals surface area contributed by atoms with Crippen molar-refractivity contribution in [2.45, 2.75) is 32.4 Å². The van der Waals surface area contributed by atoms with Crippen LogP contribution in [0, 0.1) is 11.8 Å². The molecule has 2 fully saturated rings. The molecule has 6 heteroatoms. The summed E-state index contributed by atoms with van der Waals surface area (Å²) in [6.45, 7) is 6.71. The van der Waals surface area contributed by atoms with Crippen molar-refractivity contribution >= 4 is 16.9 Å². The smallest absolute Gasteiger partial charge is 0.410 e. The Morgan fingerprint density at radius 3 is 2.22 bits per heavy atom. The average molecular weight is 274 g/mol. The Balaban J connectivity index is 2.02. The van der Waals surface area contributed by atoms with Gasteiger partial charge in [0.25, 0.3) is 0 Å². The number of carbonyl (C=O) groups excluding carboxylic acids is 1. The number of nitrogens with two attached hydrogens (primary N) is 1. The third kappa shape index (κ3) is 3.03. The minimum absolute atomic E-state index is 0.0707. The van der Waals surface area contributed by atoms with Crippen LogP contribution in [0.3, 0.4) is 0 Å². The molecule has 2 unspecified atom stereocenters. The SMILES string of the molecule is CC(C)(C)OC(=O)N1CC2CS(=O)CC(C1)C2N. The van der Waals surface area contributed by atoms with Gasteiger partial charge in [0.05, 0.1) is 0 Å². The Morgan fingerprint density at radius 2 is 1.78 bits per heavy atom. The summed E-state index contributed by atoms with van der Waals surface area (Å²) in [5, 5.41) is 0. The number of hydrogen-bond donors (Lipinski definition) is 1. The summed E-state index contributed by atoms with van der Waals surface area (Å²) in [6, 6.07) is 0.0707. The lowest BCUT2D eigenvalue weighted by Crippen LogP contribution is -2.60. The Morgan fingerprint density at radius 1 is 1.28 bits per heavy atom. The zero-order valence-corrected chi connectivity index (χ0v) is 12.0. The molecule has 0 aromatic rings. The second-order valence-electron chi connectivity index (χ2n) is 6.26. The number of nitrogens with zero attached hydrogens (tertiary/aromatic N) is 1. The molecule has 2 rings (SSSR count). The molecule has 2 N–H and O–H groups in total. The minimum Gasteiger partial charge on any atom is -0.444 e. The van der Waals surface area contributed by atoms with Crippen molar-refractivity contribution in [3.05, 3.63) is 0 Å². The van der Waals surface area contributed by atoms with Gasteiger partial charge in [-0.1, -0.05) is 0 Å². The fourth-order valence-electron chi connectivity index (χ4n) is 2.62. The molecule has 2 aliphatic rings. The van der Waals surface area contributed by atoms with Crippen molar-refractivity contribution in [2.75, 3.05) is 24.6 Å². The third-order valence-corrected chi connectivity index (χ3v) is 5.05. The van der Waals surface area contributed by atoms with Gasteiger partial charge in [0.1, 0.15) is 5.60 Å². The van der Waals surface area contributed by atoms with Gasteiger partial charge in [0.15, 0.2) is 0 Å². The number of fused-ring (bicyclic) bond motifs is 2. The Kier molecular flexibility index (Phi) is 3.69. The monoisotopic (exact) mass is 274 g/mol. The molecule has 2 saturated heterocycles. The summed E-state index contributed by atoms with van der Waals surface area (Å²) >= 11 is 0. The first-order chi connectivity index (χ1) is 8.26. The maximum atomic E-state index is 12.0. The summed E-state index contributed by atoms with van der Waals surface area (Å²) in [5.74, 6) is 1.50. The van der Waals surface area contributed by atoms with E-state index in [-0.39, 0.29) is 24.0 Å². The van der Waals surface area contributed by atoms with Crippen molar-refractivity contribution in [3.8, 4) is 0 Å². The third-order valence-electron chi connectivity index (χ3n) is 3.45. The van der Waals surface area contributed by atoms with Crippen molar-refractivity contribution in [1.82, 2.24) is 4.90 Å². The number of amides is 1. The van der Waals surface area contributed by atoms with E-state index in [1.807, 2.05) is 20.8 Å². The van der Waals surface area contributed by atoms with E-state index >= 15 is 0 Å². The van der Waals surface area contributed by atoms with Crippen LogP contribution in [0.5, 0.6) is 0 Å². The highest BCUT2D eigenvalue weighted by atomic mass is 32.2. The molecule has 18 heavy (non-hydrogen) atoms. The Labute approximate surface area is 110 Å². The summed E-state index contributed by atoms with van der Waals surface area (Å²) in [6.07, 6.45) is -0.280. The molecule has 2 aliphatic heterocycles. The van der Waals surface area contributed by atoms with E-state index in [1.54, 1.807) is 4.90 Å². The number of hydrogen-bond acceptors (Lipinski definition) is 4. The fraction of sp³-hybridized carbons (Fsp3) is 0.917.